The Kier molecular flexibility index (Phi) is 8.23. The van der Waals surface area contributed by atoms with Gasteiger partial charge in [-0.15, -0.1) is 0 Å². The number of carbonyl (C=O) groups excluding carboxylic acids is 3. The van der Waals surface area contributed by atoms with E-state index in [4.69, 9.17) is 5.11 Å². The van der Waals surface area contributed by atoms with E-state index in [9.17, 15) is 19.2 Å². The highest BCUT2D eigenvalue weighted by Gasteiger charge is 2.20. The van der Waals surface area contributed by atoms with Gasteiger partial charge in [0.15, 0.2) is 0 Å². The molecular formula is C25H25N5O5. The topological polar surface area (TPSA) is 150 Å². The first-order valence-electron chi connectivity index (χ1n) is 10.8. The summed E-state index contributed by atoms with van der Waals surface area (Å²) in [5.74, 6) is -2.37. The first-order chi connectivity index (χ1) is 16.7. The number of anilines is 1. The normalized spacial score (nSPS) is 12.2. The average Bonchev–Trinajstić information content (AvgIpc) is 2.84. The Balaban J connectivity index is 1.65. The van der Waals surface area contributed by atoms with Crippen molar-refractivity contribution in [1.82, 2.24) is 20.6 Å². The van der Waals surface area contributed by atoms with Gasteiger partial charge in [0.25, 0.3) is 5.91 Å². The Morgan fingerprint density at radius 1 is 0.886 bits per heavy atom. The molecule has 0 spiro atoms. The summed E-state index contributed by atoms with van der Waals surface area (Å²) in [6, 6.07) is 14.0. The van der Waals surface area contributed by atoms with Crippen LogP contribution >= 0.6 is 0 Å². The number of amides is 3. The van der Waals surface area contributed by atoms with Gasteiger partial charge in [-0.2, -0.15) is 0 Å². The lowest BCUT2D eigenvalue weighted by atomic mass is 10.1. The van der Waals surface area contributed by atoms with Gasteiger partial charge in [0.05, 0.1) is 28.8 Å². The van der Waals surface area contributed by atoms with Gasteiger partial charge in [-0.25, -0.2) is 0 Å². The third kappa shape index (κ3) is 7.19. The monoisotopic (exact) mass is 475 g/mol. The van der Waals surface area contributed by atoms with E-state index < -0.39 is 24.0 Å². The van der Waals surface area contributed by atoms with Crippen molar-refractivity contribution in [1.29, 1.82) is 0 Å². The van der Waals surface area contributed by atoms with Crippen LogP contribution in [0.15, 0.2) is 67.0 Å². The van der Waals surface area contributed by atoms with Gasteiger partial charge in [0.2, 0.25) is 11.8 Å². The van der Waals surface area contributed by atoms with Gasteiger partial charge in [0, 0.05) is 19.5 Å². The number of benzene rings is 1. The zero-order valence-corrected chi connectivity index (χ0v) is 19.2. The average molecular weight is 476 g/mol. The van der Waals surface area contributed by atoms with Crippen molar-refractivity contribution in [3.05, 3.63) is 78.1 Å². The van der Waals surface area contributed by atoms with Crippen LogP contribution in [0.2, 0.25) is 0 Å². The summed E-state index contributed by atoms with van der Waals surface area (Å²) in [6.07, 6.45) is 3.14. The molecule has 0 aliphatic rings. The minimum Gasteiger partial charge on any atom is -0.480 e. The van der Waals surface area contributed by atoms with E-state index in [0.29, 0.717) is 23.5 Å². The number of hydrogen-bond acceptors (Lipinski definition) is 6. The summed E-state index contributed by atoms with van der Waals surface area (Å²) in [4.78, 5) is 55.9. The van der Waals surface area contributed by atoms with E-state index in [1.54, 1.807) is 18.2 Å². The predicted octanol–water partition coefficient (Wildman–Crippen LogP) is 2.03. The number of aromatic nitrogens is 2. The lowest BCUT2D eigenvalue weighted by molar-refractivity contribution is -0.138. The second-order valence-corrected chi connectivity index (χ2v) is 7.83. The molecule has 2 atom stereocenters. The smallest absolute Gasteiger partial charge is 0.325 e. The fraction of sp³-hybridized carbons (Fsp3) is 0.200. The molecule has 2 aromatic heterocycles. The summed E-state index contributed by atoms with van der Waals surface area (Å²) in [7, 11) is 0. The molecule has 4 N–H and O–H groups in total. The summed E-state index contributed by atoms with van der Waals surface area (Å²) >= 11 is 0. The van der Waals surface area contributed by atoms with Gasteiger partial charge in [-0.05, 0) is 36.8 Å². The van der Waals surface area contributed by atoms with Gasteiger partial charge >= 0.3 is 5.97 Å². The molecule has 0 saturated heterocycles. The standard InChI is InChI=1S/C25H25N5O5/c1-15(25(34)35)28-23(32)18-8-10-20(26-13-18)21-11-9-19(14-27-21)30-24(33)22(29-16(2)31)12-17-6-4-3-5-7-17/h3-11,13-15,22H,12H2,1-2H3,(H,28,32)(H,29,31)(H,30,33)(H,34,35)/t15-,22-/m0/s1. The predicted molar refractivity (Wildman–Crippen MR) is 128 cm³/mol. The summed E-state index contributed by atoms with van der Waals surface area (Å²) < 4.78 is 0. The van der Waals surface area contributed by atoms with Crippen LogP contribution < -0.4 is 16.0 Å². The quantitative estimate of drug-likeness (QED) is 0.370. The van der Waals surface area contributed by atoms with E-state index in [-0.39, 0.29) is 17.4 Å². The van der Waals surface area contributed by atoms with Crippen molar-refractivity contribution in [2.75, 3.05) is 5.32 Å². The van der Waals surface area contributed by atoms with E-state index in [0.717, 1.165) is 5.56 Å². The molecule has 0 aliphatic carbocycles. The minimum absolute atomic E-state index is 0.216. The Labute approximate surface area is 201 Å². The van der Waals surface area contributed by atoms with Crippen molar-refractivity contribution in [3.63, 3.8) is 0 Å². The molecule has 0 unspecified atom stereocenters. The van der Waals surface area contributed by atoms with Crippen molar-refractivity contribution >= 4 is 29.4 Å². The molecule has 1 aromatic carbocycles. The van der Waals surface area contributed by atoms with Crippen molar-refractivity contribution in [2.24, 2.45) is 0 Å². The third-order valence-electron chi connectivity index (χ3n) is 5.01. The second kappa shape index (κ2) is 11.5. The molecule has 3 amide bonds. The molecule has 0 radical (unpaired) electrons. The summed E-state index contributed by atoms with van der Waals surface area (Å²) in [6.45, 7) is 2.72. The third-order valence-corrected chi connectivity index (χ3v) is 5.01. The van der Waals surface area contributed by atoms with E-state index in [2.05, 4.69) is 25.9 Å². The van der Waals surface area contributed by atoms with Gasteiger partial charge < -0.3 is 21.1 Å². The highest BCUT2D eigenvalue weighted by Crippen LogP contribution is 2.17. The minimum atomic E-state index is -1.14. The largest absolute Gasteiger partial charge is 0.480 e. The van der Waals surface area contributed by atoms with Crippen LogP contribution in [0.5, 0.6) is 0 Å². The van der Waals surface area contributed by atoms with Crippen molar-refractivity contribution < 1.29 is 24.3 Å². The molecule has 0 aliphatic heterocycles. The number of nitrogens with zero attached hydrogens (tertiary/aromatic N) is 2. The van der Waals surface area contributed by atoms with E-state index in [1.165, 1.54) is 32.3 Å². The molecular weight excluding hydrogens is 450 g/mol. The molecule has 3 aromatic rings. The Morgan fingerprint density at radius 2 is 1.54 bits per heavy atom. The fourth-order valence-electron chi connectivity index (χ4n) is 3.17. The Hall–Kier alpha value is -4.60. The number of rotatable bonds is 9. The van der Waals surface area contributed by atoms with Crippen molar-refractivity contribution in [3.8, 4) is 11.4 Å². The van der Waals surface area contributed by atoms with E-state index in [1.807, 2.05) is 30.3 Å². The van der Waals surface area contributed by atoms with Gasteiger partial charge in [0.1, 0.15) is 12.1 Å². The molecule has 10 heteroatoms. The van der Waals surface area contributed by atoms with Crippen LogP contribution in [0.4, 0.5) is 5.69 Å². The molecule has 10 nitrogen and oxygen atoms in total. The molecule has 2 heterocycles. The van der Waals surface area contributed by atoms with Crippen LogP contribution in [-0.4, -0.2) is 50.8 Å². The van der Waals surface area contributed by atoms with Crippen LogP contribution in [-0.2, 0) is 20.8 Å². The highest BCUT2D eigenvalue weighted by molar-refractivity contribution is 5.97. The zero-order chi connectivity index (χ0) is 25.4. The maximum atomic E-state index is 12.8. The molecule has 0 saturated carbocycles. The highest BCUT2D eigenvalue weighted by atomic mass is 16.4. The fourth-order valence-corrected chi connectivity index (χ4v) is 3.17. The number of carboxylic acid groups (broad SMARTS) is 1. The number of pyridine rings is 2. The number of carbonyl (C=O) groups is 4. The summed E-state index contributed by atoms with van der Waals surface area (Å²) in [5.41, 5.74) is 2.58. The SMILES string of the molecule is CC(=O)N[C@@H](Cc1ccccc1)C(=O)Nc1ccc(-c2ccc(C(=O)N[C@@H](C)C(=O)O)cn2)nc1. The number of carboxylic acids is 1. The van der Waals surface area contributed by atoms with Gasteiger partial charge in [-0.3, -0.25) is 29.1 Å². The zero-order valence-electron chi connectivity index (χ0n) is 19.2. The van der Waals surface area contributed by atoms with Crippen LogP contribution in [0.1, 0.15) is 29.8 Å². The van der Waals surface area contributed by atoms with Crippen molar-refractivity contribution in [2.45, 2.75) is 32.4 Å². The van der Waals surface area contributed by atoms with Gasteiger partial charge in [-0.1, -0.05) is 30.3 Å². The lowest BCUT2D eigenvalue weighted by Crippen LogP contribution is -2.44. The Bertz CT molecular complexity index is 1200. The molecule has 0 bridgehead atoms. The number of aliphatic carboxylic acids is 1. The number of nitrogens with one attached hydrogen (secondary N) is 3. The lowest BCUT2D eigenvalue weighted by Gasteiger charge is -2.18. The maximum absolute atomic E-state index is 12.8. The first-order valence-corrected chi connectivity index (χ1v) is 10.8. The van der Waals surface area contributed by atoms with Crippen LogP contribution in [0, 0.1) is 0 Å². The number of hydrogen-bond donors (Lipinski definition) is 4. The van der Waals surface area contributed by atoms with Crippen LogP contribution in [0.3, 0.4) is 0 Å². The second-order valence-electron chi connectivity index (χ2n) is 7.83. The van der Waals surface area contributed by atoms with E-state index >= 15 is 0 Å². The molecule has 180 valence electrons. The molecule has 3 rings (SSSR count). The molecule has 35 heavy (non-hydrogen) atoms. The maximum Gasteiger partial charge on any atom is 0.325 e. The molecule has 0 fully saturated rings. The summed E-state index contributed by atoms with van der Waals surface area (Å²) in [5, 5.41) is 16.7. The Morgan fingerprint density at radius 3 is 2.09 bits per heavy atom. The first kappa shape index (κ1) is 25.0. The van der Waals surface area contributed by atoms with Crippen LogP contribution in [0.25, 0.3) is 11.4 Å².